The second-order valence-corrected chi connectivity index (χ2v) is 5.58. The maximum atomic E-state index is 12.2. The summed E-state index contributed by atoms with van der Waals surface area (Å²) in [6.45, 7) is 2.00. The lowest BCUT2D eigenvalue weighted by Gasteiger charge is -2.11. The van der Waals surface area contributed by atoms with Crippen LogP contribution in [0.25, 0.3) is 0 Å². The molecule has 0 aliphatic carbocycles. The number of carboxylic acids is 2. The molecule has 6 heteroatoms. The number of ether oxygens (including phenoxy) is 1. The van der Waals surface area contributed by atoms with Crippen LogP contribution in [0.2, 0.25) is 0 Å². The highest BCUT2D eigenvalue weighted by atomic mass is 16.5. The fourth-order valence-electron chi connectivity index (χ4n) is 2.20. The third-order valence-electron chi connectivity index (χ3n) is 3.52. The third-order valence-corrected chi connectivity index (χ3v) is 3.52. The lowest BCUT2D eigenvalue weighted by atomic mass is 9.98. The number of rotatable bonds is 11. The number of carbonyl (C=O) groups is 3. The fourth-order valence-corrected chi connectivity index (χ4v) is 2.20. The molecule has 0 fully saturated rings. The average molecular weight is 340 g/mol. The van der Waals surface area contributed by atoms with Crippen LogP contribution in [-0.4, -0.2) is 34.7 Å². The van der Waals surface area contributed by atoms with E-state index in [0.29, 0.717) is 18.8 Å². The molecule has 0 radical (unpaired) electrons. The lowest BCUT2D eigenvalue weighted by molar-refractivity contribution is -0.137. The van der Waals surface area contributed by atoms with Crippen LogP contribution in [0.15, 0.2) is 24.2 Å². The Balaban J connectivity index is 2.61. The second kappa shape index (κ2) is 10.4. The van der Waals surface area contributed by atoms with Crippen molar-refractivity contribution in [1.29, 1.82) is 0 Å². The van der Waals surface area contributed by atoms with Gasteiger partial charge < -0.3 is 14.9 Å². The molecule has 0 amide bonds. The number of unbranched alkanes of at least 4 members (excludes halogenated alkanes) is 1. The summed E-state index contributed by atoms with van der Waals surface area (Å²) in [5, 5.41) is 17.8. The highest BCUT2D eigenvalue weighted by Gasteiger charge is 2.16. The van der Waals surface area contributed by atoms with E-state index >= 15 is 0 Å². The van der Waals surface area contributed by atoms with Gasteiger partial charge in [-0.1, -0.05) is 31.9 Å². The van der Waals surface area contributed by atoms with E-state index in [0.717, 1.165) is 19.3 Å². The Labute approximate surface area is 147 Å². The molecule has 2 N–H and O–H groups in total. The molecule has 0 aromatic heterocycles. The van der Waals surface area contributed by atoms with Crippen molar-refractivity contribution in [2.45, 2.75) is 45.4 Å². The smallest absolute Gasteiger partial charge is 0.339 e. The minimum atomic E-state index is -1.63. The molecule has 1 atom stereocenters. The van der Waals surface area contributed by atoms with E-state index in [1.54, 1.807) is 0 Å². The molecule has 0 saturated heterocycles. The molecule has 0 saturated carbocycles. The summed E-state index contributed by atoms with van der Waals surface area (Å²) >= 11 is 0. The normalized spacial score (nSPS) is 14.0. The van der Waals surface area contributed by atoms with Gasteiger partial charge >= 0.3 is 17.9 Å². The van der Waals surface area contributed by atoms with E-state index < -0.39 is 53.2 Å². The van der Waals surface area contributed by atoms with Gasteiger partial charge in [0.25, 0.3) is 0 Å². The Morgan fingerprint density at radius 2 is 1.71 bits per heavy atom. The van der Waals surface area contributed by atoms with Crippen molar-refractivity contribution < 1.29 is 34.8 Å². The monoisotopic (exact) mass is 340 g/mol. The molecule has 1 aromatic carbocycles. The summed E-state index contributed by atoms with van der Waals surface area (Å²) in [6, 6.07) is -2.96. The Morgan fingerprint density at radius 3 is 2.33 bits per heavy atom. The number of esters is 1. The summed E-state index contributed by atoms with van der Waals surface area (Å²) < 4.78 is 35.6. The second-order valence-electron chi connectivity index (χ2n) is 5.58. The molecule has 1 unspecified atom stereocenters. The van der Waals surface area contributed by atoms with Crippen LogP contribution in [0.1, 0.15) is 71.6 Å². The van der Waals surface area contributed by atoms with Gasteiger partial charge in [0.05, 0.1) is 23.2 Å². The maximum absolute atomic E-state index is 12.2. The van der Waals surface area contributed by atoms with Crippen LogP contribution in [0, 0.1) is 5.92 Å². The van der Waals surface area contributed by atoms with Crippen LogP contribution in [0.3, 0.4) is 0 Å². The summed E-state index contributed by atoms with van der Waals surface area (Å²) in [5.74, 6) is -3.22. The number of hydrogen-bond acceptors (Lipinski definition) is 4. The van der Waals surface area contributed by atoms with Crippen molar-refractivity contribution >= 4 is 17.9 Å². The Kier molecular flexibility index (Phi) is 6.08. The number of hydrogen-bond donors (Lipinski definition) is 2. The van der Waals surface area contributed by atoms with Crippen LogP contribution < -0.4 is 0 Å². The van der Waals surface area contributed by atoms with Crippen LogP contribution in [0.5, 0.6) is 0 Å². The quantitative estimate of drug-likeness (QED) is 0.471. The molecule has 24 heavy (non-hydrogen) atoms. The van der Waals surface area contributed by atoms with Crippen molar-refractivity contribution in [2.75, 3.05) is 6.61 Å². The number of carbonyl (C=O) groups excluding carboxylic acids is 1. The molecule has 0 spiro atoms. The zero-order chi connectivity index (χ0) is 21.4. The molecule has 0 heterocycles. The standard InChI is InChI=1S/C18H24O6/c1-13(8-6-11-16(19)20)7-4-5-12-24-18(23)15-10-3-2-9-14(15)17(21)22/h2-3,9-10,13H,4-8,11-12H2,1H3,(H,19,20)(H,21,22)/i2D,3D,9D,10D. The van der Waals surface area contributed by atoms with Gasteiger partial charge in [0.1, 0.15) is 0 Å². The lowest BCUT2D eigenvalue weighted by Crippen LogP contribution is -2.12. The minimum absolute atomic E-state index is 0.0114. The number of aromatic carboxylic acids is 1. The Bertz CT molecular complexity index is 750. The molecular weight excluding hydrogens is 312 g/mol. The molecule has 0 bridgehead atoms. The van der Waals surface area contributed by atoms with E-state index in [-0.39, 0.29) is 13.0 Å². The van der Waals surface area contributed by atoms with Gasteiger partial charge in [0.15, 0.2) is 0 Å². The number of carboxylic acid groups (broad SMARTS) is 2. The first-order valence-electron chi connectivity index (χ1n) is 9.80. The van der Waals surface area contributed by atoms with Crippen molar-refractivity contribution in [3.63, 3.8) is 0 Å². The highest BCUT2D eigenvalue weighted by molar-refractivity contribution is 6.02. The van der Waals surface area contributed by atoms with Gasteiger partial charge in [-0.3, -0.25) is 4.79 Å². The van der Waals surface area contributed by atoms with Crippen LogP contribution in [0.4, 0.5) is 0 Å². The van der Waals surface area contributed by atoms with Gasteiger partial charge in [0.2, 0.25) is 0 Å². The van der Waals surface area contributed by atoms with Crippen LogP contribution >= 0.6 is 0 Å². The zero-order valence-corrected chi connectivity index (χ0v) is 13.6. The first kappa shape index (κ1) is 14.0. The largest absolute Gasteiger partial charge is 0.481 e. The zero-order valence-electron chi connectivity index (χ0n) is 17.6. The van der Waals surface area contributed by atoms with Gasteiger partial charge in [-0.05, 0) is 37.3 Å². The summed E-state index contributed by atoms with van der Waals surface area (Å²) in [4.78, 5) is 34.0. The van der Waals surface area contributed by atoms with E-state index in [9.17, 15) is 19.5 Å². The minimum Gasteiger partial charge on any atom is -0.481 e. The molecule has 1 rings (SSSR count). The third kappa shape index (κ3) is 7.26. The first-order chi connectivity index (χ1) is 13.1. The average Bonchev–Trinajstić information content (AvgIpc) is 2.61. The van der Waals surface area contributed by atoms with E-state index in [4.69, 9.17) is 15.3 Å². The molecular formula is C18H24O6. The number of aliphatic carboxylic acids is 1. The van der Waals surface area contributed by atoms with Crippen molar-refractivity contribution in [2.24, 2.45) is 5.92 Å². The Morgan fingerprint density at radius 1 is 1.08 bits per heavy atom. The summed E-state index contributed by atoms with van der Waals surface area (Å²) in [5.41, 5.74) is -1.48. The molecule has 132 valence electrons. The van der Waals surface area contributed by atoms with E-state index in [2.05, 4.69) is 0 Å². The van der Waals surface area contributed by atoms with E-state index in [1.165, 1.54) is 0 Å². The first-order valence-corrected chi connectivity index (χ1v) is 7.80. The van der Waals surface area contributed by atoms with E-state index in [1.807, 2.05) is 6.92 Å². The van der Waals surface area contributed by atoms with Gasteiger partial charge in [-0.25, -0.2) is 9.59 Å². The van der Waals surface area contributed by atoms with Crippen LogP contribution in [-0.2, 0) is 9.53 Å². The predicted molar refractivity (Wildman–Crippen MR) is 88.2 cm³/mol. The topological polar surface area (TPSA) is 101 Å². The molecule has 0 aliphatic heterocycles. The Hall–Kier alpha value is -2.37. The maximum Gasteiger partial charge on any atom is 0.339 e. The SMILES string of the molecule is [2H]c1c([2H])c([2H])c(C(=O)OCCCCC(C)CCCC(=O)O)c(C(=O)O)c1[2H]. The number of benzene rings is 1. The molecule has 6 nitrogen and oxygen atoms in total. The fraction of sp³-hybridized carbons (Fsp3) is 0.500. The summed E-state index contributed by atoms with van der Waals surface area (Å²) in [7, 11) is 0. The molecule has 1 aromatic rings. The van der Waals surface area contributed by atoms with Gasteiger partial charge in [-0.2, -0.15) is 0 Å². The van der Waals surface area contributed by atoms with Crippen molar-refractivity contribution in [1.82, 2.24) is 0 Å². The van der Waals surface area contributed by atoms with Gasteiger partial charge in [0, 0.05) is 6.42 Å². The molecule has 0 aliphatic rings. The van der Waals surface area contributed by atoms with Crippen molar-refractivity contribution in [3.8, 4) is 0 Å². The predicted octanol–water partition coefficient (Wildman–Crippen LogP) is 3.60. The van der Waals surface area contributed by atoms with Crippen molar-refractivity contribution in [3.05, 3.63) is 35.3 Å². The highest BCUT2D eigenvalue weighted by Crippen LogP contribution is 2.16. The van der Waals surface area contributed by atoms with Gasteiger partial charge in [-0.15, -0.1) is 0 Å². The summed E-state index contributed by atoms with van der Waals surface area (Å²) in [6.07, 6.45) is 3.57.